The van der Waals surface area contributed by atoms with E-state index in [0.717, 1.165) is 31.7 Å². The molecule has 1 aliphatic heterocycles. The fraction of sp³-hybridized carbons (Fsp3) is 0.533. The highest BCUT2D eigenvalue weighted by atomic mass is 16.5. The number of piperidine rings is 1. The van der Waals surface area contributed by atoms with Crippen molar-refractivity contribution >= 4 is 5.91 Å². The predicted octanol–water partition coefficient (Wildman–Crippen LogP) is 1.79. The maximum absolute atomic E-state index is 12.0. The predicted molar refractivity (Wildman–Crippen MR) is 74.9 cm³/mol. The molecule has 0 aromatic heterocycles. The second-order valence-corrected chi connectivity index (χ2v) is 5.64. The third kappa shape index (κ3) is 3.70. The molecule has 1 heterocycles. The molecule has 2 N–H and O–H groups in total. The van der Waals surface area contributed by atoms with E-state index in [4.69, 9.17) is 10.5 Å². The Bertz CT molecular complexity index is 418. The molecule has 0 saturated carbocycles. The van der Waals surface area contributed by atoms with Crippen LogP contribution in [0.1, 0.15) is 26.7 Å². The quantitative estimate of drug-likeness (QED) is 0.903. The molecule has 0 atom stereocenters. The average Bonchev–Trinajstić information content (AvgIpc) is 2.39. The van der Waals surface area contributed by atoms with Crippen LogP contribution in [0.4, 0.5) is 0 Å². The molecular weight excluding hydrogens is 240 g/mol. The number of hydrogen-bond donors (Lipinski definition) is 1. The van der Waals surface area contributed by atoms with E-state index in [1.165, 1.54) is 0 Å². The Morgan fingerprint density at radius 3 is 2.37 bits per heavy atom. The lowest BCUT2D eigenvalue weighted by molar-refractivity contribution is -0.137. The SMILES string of the molecule is CC(C)(N)C(=O)N1CCC(Oc2ccccc2)CC1. The third-order valence-electron chi connectivity index (χ3n) is 3.33. The van der Waals surface area contributed by atoms with Gasteiger partial charge < -0.3 is 15.4 Å². The lowest BCUT2D eigenvalue weighted by Crippen LogP contribution is -2.54. The lowest BCUT2D eigenvalue weighted by Gasteiger charge is -2.35. The van der Waals surface area contributed by atoms with Gasteiger partial charge in [0.2, 0.25) is 5.91 Å². The van der Waals surface area contributed by atoms with Gasteiger partial charge in [-0.15, -0.1) is 0 Å². The van der Waals surface area contributed by atoms with Crippen LogP contribution < -0.4 is 10.5 Å². The van der Waals surface area contributed by atoms with Crippen molar-refractivity contribution in [3.05, 3.63) is 30.3 Å². The minimum atomic E-state index is -0.785. The Hall–Kier alpha value is -1.55. The van der Waals surface area contributed by atoms with Crippen LogP contribution in [0.25, 0.3) is 0 Å². The monoisotopic (exact) mass is 262 g/mol. The van der Waals surface area contributed by atoms with Crippen LogP contribution in [0.15, 0.2) is 30.3 Å². The summed E-state index contributed by atoms with van der Waals surface area (Å²) >= 11 is 0. The van der Waals surface area contributed by atoms with Gasteiger partial charge in [0.05, 0.1) is 5.54 Å². The Morgan fingerprint density at radius 1 is 1.26 bits per heavy atom. The summed E-state index contributed by atoms with van der Waals surface area (Å²) in [4.78, 5) is 13.9. The van der Waals surface area contributed by atoms with Crippen molar-refractivity contribution in [1.82, 2.24) is 4.90 Å². The molecule has 2 rings (SSSR count). The minimum Gasteiger partial charge on any atom is -0.490 e. The molecule has 1 saturated heterocycles. The van der Waals surface area contributed by atoms with Crippen LogP contribution in [0.5, 0.6) is 5.75 Å². The molecule has 0 radical (unpaired) electrons. The molecule has 1 amide bonds. The zero-order valence-electron chi connectivity index (χ0n) is 11.6. The number of carbonyl (C=O) groups is 1. The summed E-state index contributed by atoms with van der Waals surface area (Å²) in [5.41, 5.74) is 5.06. The van der Waals surface area contributed by atoms with E-state index < -0.39 is 5.54 Å². The van der Waals surface area contributed by atoms with Gasteiger partial charge in [-0.3, -0.25) is 4.79 Å². The molecule has 1 aromatic carbocycles. The lowest BCUT2D eigenvalue weighted by atomic mass is 10.0. The summed E-state index contributed by atoms with van der Waals surface area (Å²) in [5.74, 6) is 0.914. The van der Waals surface area contributed by atoms with Crippen LogP contribution in [-0.4, -0.2) is 35.5 Å². The first-order chi connectivity index (χ1) is 8.97. The molecule has 0 spiro atoms. The highest BCUT2D eigenvalue weighted by molar-refractivity contribution is 5.85. The van der Waals surface area contributed by atoms with Crippen LogP contribution in [0, 0.1) is 0 Å². The summed E-state index contributed by atoms with van der Waals surface area (Å²) in [6.07, 6.45) is 1.90. The Balaban J connectivity index is 1.85. The number of rotatable bonds is 3. The maximum Gasteiger partial charge on any atom is 0.242 e. The topological polar surface area (TPSA) is 55.6 Å². The molecule has 4 heteroatoms. The van der Waals surface area contributed by atoms with Gasteiger partial charge in [0, 0.05) is 25.9 Å². The summed E-state index contributed by atoms with van der Waals surface area (Å²) in [6.45, 7) is 4.94. The summed E-state index contributed by atoms with van der Waals surface area (Å²) in [6, 6.07) is 9.81. The van der Waals surface area contributed by atoms with Crippen LogP contribution in [0.3, 0.4) is 0 Å². The van der Waals surface area contributed by atoms with Crippen molar-refractivity contribution in [3.63, 3.8) is 0 Å². The van der Waals surface area contributed by atoms with Crippen LogP contribution in [0.2, 0.25) is 0 Å². The van der Waals surface area contributed by atoms with Crippen molar-refractivity contribution in [2.24, 2.45) is 5.73 Å². The fourth-order valence-corrected chi connectivity index (χ4v) is 2.28. The molecule has 1 aliphatic rings. The van der Waals surface area contributed by atoms with E-state index in [2.05, 4.69) is 0 Å². The molecule has 1 aromatic rings. The molecule has 1 fully saturated rings. The number of ether oxygens (including phenoxy) is 1. The highest BCUT2D eigenvalue weighted by Crippen LogP contribution is 2.19. The number of hydrogen-bond acceptors (Lipinski definition) is 3. The van der Waals surface area contributed by atoms with E-state index >= 15 is 0 Å². The summed E-state index contributed by atoms with van der Waals surface area (Å²) in [5, 5.41) is 0. The first kappa shape index (κ1) is 13.9. The van der Waals surface area contributed by atoms with Crippen LogP contribution >= 0.6 is 0 Å². The molecule has 104 valence electrons. The number of benzene rings is 1. The molecule has 0 aliphatic carbocycles. The molecule has 0 bridgehead atoms. The van der Waals surface area contributed by atoms with Gasteiger partial charge in [0.1, 0.15) is 11.9 Å². The molecule has 0 unspecified atom stereocenters. The zero-order valence-corrected chi connectivity index (χ0v) is 11.6. The Kier molecular flexibility index (Phi) is 4.10. The van der Waals surface area contributed by atoms with Crippen molar-refractivity contribution < 1.29 is 9.53 Å². The van der Waals surface area contributed by atoms with Gasteiger partial charge in [-0.25, -0.2) is 0 Å². The van der Waals surface area contributed by atoms with E-state index in [1.807, 2.05) is 35.2 Å². The smallest absolute Gasteiger partial charge is 0.242 e. The van der Waals surface area contributed by atoms with Gasteiger partial charge in [-0.2, -0.15) is 0 Å². The number of nitrogens with two attached hydrogens (primary N) is 1. The van der Waals surface area contributed by atoms with E-state index in [-0.39, 0.29) is 12.0 Å². The van der Waals surface area contributed by atoms with Gasteiger partial charge in [-0.05, 0) is 26.0 Å². The number of nitrogens with zero attached hydrogens (tertiary/aromatic N) is 1. The van der Waals surface area contributed by atoms with Crippen LogP contribution in [-0.2, 0) is 4.79 Å². The number of carbonyl (C=O) groups excluding carboxylic acids is 1. The van der Waals surface area contributed by atoms with Crippen molar-refractivity contribution in [2.75, 3.05) is 13.1 Å². The second-order valence-electron chi connectivity index (χ2n) is 5.64. The van der Waals surface area contributed by atoms with E-state index in [9.17, 15) is 4.79 Å². The minimum absolute atomic E-state index is 0.0191. The van der Waals surface area contributed by atoms with Gasteiger partial charge in [0.15, 0.2) is 0 Å². The average molecular weight is 262 g/mol. The molecule has 4 nitrogen and oxygen atoms in total. The normalized spacial score (nSPS) is 17.3. The van der Waals surface area contributed by atoms with Gasteiger partial charge >= 0.3 is 0 Å². The fourth-order valence-electron chi connectivity index (χ4n) is 2.28. The number of likely N-dealkylation sites (tertiary alicyclic amines) is 1. The van der Waals surface area contributed by atoms with Gasteiger partial charge in [-0.1, -0.05) is 18.2 Å². The highest BCUT2D eigenvalue weighted by Gasteiger charge is 2.31. The van der Waals surface area contributed by atoms with E-state index in [1.54, 1.807) is 13.8 Å². The first-order valence-electron chi connectivity index (χ1n) is 6.77. The number of para-hydroxylation sites is 1. The summed E-state index contributed by atoms with van der Waals surface area (Å²) < 4.78 is 5.90. The summed E-state index contributed by atoms with van der Waals surface area (Å²) in [7, 11) is 0. The largest absolute Gasteiger partial charge is 0.490 e. The second kappa shape index (κ2) is 5.61. The maximum atomic E-state index is 12.0. The first-order valence-corrected chi connectivity index (χ1v) is 6.77. The Morgan fingerprint density at radius 2 is 1.84 bits per heavy atom. The van der Waals surface area contributed by atoms with Crippen molar-refractivity contribution in [1.29, 1.82) is 0 Å². The van der Waals surface area contributed by atoms with Gasteiger partial charge in [0.25, 0.3) is 0 Å². The van der Waals surface area contributed by atoms with Crippen molar-refractivity contribution in [2.45, 2.75) is 38.3 Å². The standard InChI is InChI=1S/C15H22N2O2/c1-15(2,16)14(18)17-10-8-13(9-11-17)19-12-6-4-3-5-7-12/h3-7,13H,8-11,16H2,1-2H3. The molecular formula is C15H22N2O2. The zero-order chi connectivity index (χ0) is 13.9. The Labute approximate surface area is 114 Å². The van der Waals surface area contributed by atoms with Crippen molar-refractivity contribution in [3.8, 4) is 5.75 Å². The van der Waals surface area contributed by atoms with E-state index in [0.29, 0.717) is 0 Å². The number of amides is 1. The third-order valence-corrected chi connectivity index (χ3v) is 3.33. The molecule has 19 heavy (non-hydrogen) atoms.